The molecule has 6 heteroatoms. The molecule has 0 unspecified atom stereocenters. The van der Waals surface area contributed by atoms with Crippen LogP contribution in [0.4, 0.5) is 10.2 Å². The van der Waals surface area contributed by atoms with Crippen molar-refractivity contribution in [2.24, 2.45) is 0 Å². The molecule has 4 nitrogen and oxygen atoms in total. The SMILES string of the molecule is Fc1ccccc1C[NH+]1CCN(c2ncnc3sccc23)CC1. The van der Waals surface area contributed by atoms with Crippen LogP contribution in [0.3, 0.4) is 0 Å². The minimum Gasteiger partial charge on any atom is -0.345 e. The van der Waals surface area contributed by atoms with E-state index in [-0.39, 0.29) is 5.82 Å². The number of piperazine rings is 1. The number of halogens is 1. The second-order valence-corrected chi connectivity index (χ2v) is 6.74. The summed E-state index contributed by atoms with van der Waals surface area (Å²) in [7, 11) is 0. The second kappa shape index (κ2) is 6.22. The minimum atomic E-state index is -0.0989. The number of hydrogen-bond donors (Lipinski definition) is 1. The van der Waals surface area contributed by atoms with Crippen molar-refractivity contribution in [3.63, 3.8) is 0 Å². The van der Waals surface area contributed by atoms with Crippen molar-refractivity contribution in [2.75, 3.05) is 31.1 Å². The molecule has 118 valence electrons. The molecule has 3 heterocycles. The van der Waals surface area contributed by atoms with Crippen LogP contribution in [0.5, 0.6) is 0 Å². The van der Waals surface area contributed by atoms with Gasteiger partial charge in [0.15, 0.2) is 0 Å². The van der Waals surface area contributed by atoms with Crippen LogP contribution >= 0.6 is 11.3 Å². The van der Waals surface area contributed by atoms with Crippen molar-refractivity contribution < 1.29 is 9.29 Å². The molecule has 1 saturated heterocycles. The van der Waals surface area contributed by atoms with Crippen molar-refractivity contribution in [1.29, 1.82) is 0 Å². The fraction of sp³-hybridized carbons (Fsp3) is 0.294. The maximum Gasteiger partial charge on any atom is 0.141 e. The van der Waals surface area contributed by atoms with E-state index in [9.17, 15) is 4.39 Å². The number of anilines is 1. The average Bonchev–Trinajstić information content (AvgIpc) is 3.06. The van der Waals surface area contributed by atoms with Crippen molar-refractivity contribution >= 4 is 27.4 Å². The third kappa shape index (κ3) is 2.92. The Balaban J connectivity index is 1.45. The summed E-state index contributed by atoms with van der Waals surface area (Å²) in [6.07, 6.45) is 1.65. The molecule has 23 heavy (non-hydrogen) atoms. The summed E-state index contributed by atoms with van der Waals surface area (Å²) >= 11 is 1.64. The fourth-order valence-electron chi connectivity index (χ4n) is 3.15. The van der Waals surface area contributed by atoms with Crippen molar-refractivity contribution in [3.8, 4) is 0 Å². The highest BCUT2D eigenvalue weighted by Gasteiger charge is 2.23. The highest BCUT2D eigenvalue weighted by Crippen LogP contribution is 2.26. The maximum atomic E-state index is 13.8. The Morgan fingerprint density at radius 2 is 1.96 bits per heavy atom. The molecule has 1 aliphatic heterocycles. The number of nitrogens with one attached hydrogen (secondary N) is 1. The van der Waals surface area contributed by atoms with Gasteiger partial charge in [0.05, 0.1) is 31.6 Å². The fourth-order valence-corrected chi connectivity index (χ4v) is 3.88. The van der Waals surface area contributed by atoms with Gasteiger partial charge in [-0.15, -0.1) is 11.3 Å². The van der Waals surface area contributed by atoms with Gasteiger partial charge in [0.25, 0.3) is 0 Å². The molecule has 0 bridgehead atoms. The van der Waals surface area contributed by atoms with Crippen LogP contribution in [0.1, 0.15) is 5.56 Å². The van der Waals surface area contributed by atoms with Gasteiger partial charge in [-0.05, 0) is 17.5 Å². The highest BCUT2D eigenvalue weighted by molar-refractivity contribution is 7.16. The van der Waals surface area contributed by atoms with Crippen LogP contribution in [-0.2, 0) is 6.54 Å². The lowest BCUT2D eigenvalue weighted by atomic mass is 10.2. The molecule has 0 spiro atoms. The zero-order valence-electron chi connectivity index (χ0n) is 12.7. The Morgan fingerprint density at radius 3 is 2.78 bits per heavy atom. The quantitative estimate of drug-likeness (QED) is 0.795. The Morgan fingerprint density at radius 1 is 1.13 bits per heavy atom. The Bertz CT molecular complexity index is 811. The van der Waals surface area contributed by atoms with Gasteiger partial charge in [-0.3, -0.25) is 0 Å². The molecule has 0 radical (unpaired) electrons. The number of nitrogens with zero attached hydrogens (tertiary/aromatic N) is 3. The smallest absolute Gasteiger partial charge is 0.141 e. The van der Waals surface area contributed by atoms with E-state index in [0.717, 1.165) is 54.3 Å². The van der Waals surface area contributed by atoms with E-state index in [2.05, 4.69) is 26.3 Å². The number of fused-ring (bicyclic) bond motifs is 1. The van der Waals surface area contributed by atoms with Gasteiger partial charge in [0.1, 0.15) is 29.3 Å². The summed E-state index contributed by atoms with van der Waals surface area (Å²) in [5, 5.41) is 3.19. The third-order valence-corrected chi connectivity index (χ3v) is 5.23. The van der Waals surface area contributed by atoms with E-state index in [4.69, 9.17) is 0 Å². The lowest BCUT2D eigenvalue weighted by Crippen LogP contribution is -3.13. The van der Waals surface area contributed by atoms with Gasteiger partial charge in [-0.25, -0.2) is 14.4 Å². The first-order valence-electron chi connectivity index (χ1n) is 7.81. The van der Waals surface area contributed by atoms with Crippen LogP contribution in [0.15, 0.2) is 42.0 Å². The van der Waals surface area contributed by atoms with Crippen LogP contribution in [0.2, 0.25) is 0 Å². The van der Waals surface area contributed by atoms with Gasteiger partial charge in [0.2, 0.25) is 0 Å². The molecule has 4 rings (SSSR count). The van der Waals surface area contributed by atoms with Crippen molar-refractivity contribution in [2.45, 2.75) is 6.54 Å². The molecule has 0 amide bonds. The molecule has 0 atom stereocenters. The molecule has 1 aromatic carbocycles. The molecule has 0 aliphatic carbocycles. The molecule has 3 aromatic rings. The molecule has 1 N–H and O–H groups in total. The van der Waals surface area contributed by atoms with E-state index >= 15 is 0 Å². The average molecular weight is 329 g/mol. The first-order valence-corrected chi connectivity index (χ1v) is 8.69. The first kappa shape index (κ1) is 14.5. The summed E-state index contributed by atoms with van der Waals surface area (Å²) in [6.45, 7) is 4.60. The highest BCUT2D eigenvalue weighted by atomic mass is 32.1. The largest absolute Gasteiger partial charge is 0.345 e. The van der Waals surface area contributed by atoms with E-state index < -0.39 is 0 Å². The number of benzene rings is 1. The Kier molecular flexibility index (Phi) is 3.93. The van der Waals surface area contributed by atoms with E-state index in [1.54, 1.807) is 29.8 Å². The monoisotopic (exact) mass is 329 g/mol. The van der Waals surface area contributed by atoms with Gasteiger partial charge in [-0.2, -0.15) is 0 Å². The first-order chi connectivity index (χ1) is 11.3. The van der Waals surface area contributed by atoms with E-state index in [1.807, 2.05) is 12.1 Å². The Labute approximate surface area is 138 Å². The topological polar surface area (TPSA) is 33.5 Å². The number of quaternary nitrogens is 1. The van der Waals surface area contributed by atoms with Crippen LogP contribution in [-0.4, -0.2) is 36.1 Å². The van der Waals surface area contributed by atoms with E-state index in [0.29, 0.717) is 0 Å². The van der Waals surface area contributed by atoms with Crippen LogP contribution in [0, 0.1) is 5.82 Å². The predicted octanol–water partition coefficient (Wildman–Crippen LogP) is 1.74. The van der Waals surface area contributed by atoms with Crippen LogP contribution in [0.25, 0.3) is 10.2 Å². The van der Waals surface area contributed by atoms with Crippen LogP contribution < -0.4 is 9.80 Å². The zero-order valence-corrected chi connectivity index (χ0v) is 13.5. The molecule has 0 saturated carbocycles. The molecule has 2 aromatic heterocycles. The number of aromatic nitrogens is 2. The van der Waals surface area contributed by atoms with Gasteiger partial charge in [-0.1, -0.05) is 18.2 Å². The van der Waals surface area contributed by atoms with Crippen molar-refractivity contribution in [1.82, 2.24) is 9.97 Å². The number of rotatable bonds is 3. The summed E-state index contributed by atoms with van der Waals surface area (Å²) in [5.41, 5.74) is 0.804. The summed E-state index contributed by atoms with van der Waals surface area (Å²) in [6, 6.07) is 9.16. The van der Waals surface area contributed by atoms with E-state index in [1.165, 1.54) is 4.90 Å². The summed E-state index contributed by atoms with van der Waals surface area (Å²) < 4.78 is 13.8. The number of thiophene rings is 1. The minimum absolute atomic E-state index is 0.0989. The maximum absolute atomic E-state index is 13.8. The second-order valence-electron chi connectivity index (χ2n) is 5.84. The summed E-state index contributed by atoms with van der Waals surface area (Å²) in [4.78, 5) is 13.6. The lowest BCUT2D eigenvalue weighted by molar-refractivity contribution is -0.914. The normalized spacial score (nSPS) is 16.1. The summed E-state index contributed by atoms with van der Waals surface area (Å²) in [5.74, 6) is 0.930. The third-order valence-electron chi connectivity index (χ3n) is 4.41. The zero-order chi connectivity index (χ0) is 15.6. The molecular formula is C17H18FN4S+. The molecular weight excluding hydrogens is 311 g/mol. The number of hydrogen-bond acceptors (Lipinski definition) is 4. The van der Waals surface area contributed by atoms with Gasteiger partial charge in [0, 0.05) is 5.56 Å². The molecule has 1 fully saturated rings. The predicted molar refractivity (Wildman–Crippen MR) is 90.4 cm³/mol. The molecule has 1 aliphatic rings. The van der Waals surface area contributed by atoms with Crippen molar-refractivity contribution in [3.05, 3.63) is 53.4 Å². The standard InChI is InChI=1S/C17H17FN4S/c18-15-4-2-1-3-13(15)11-21-6-8-22(9-7-21)16-14-5-10-23-17(14)20-12-19-16/h1-5,10,12H,6-9,11H2/p+1. The lowest BCUT2D eigenvalue weighted by Gasteiger charge is -2.33. The Hall–Kier alpha value is -2.05. The van der Waals surface area contributed by atoms with Gasteiger partial charge < -0.3 is 9.80 Å². The van der Waals surface area contributed by atoms with Gasteiger partial charge >= 0.3 is 0 Å².